The van der Waals surface area contributed by atoms with E-state index in [0.717, 1.165) is 32.2 Å². The predicted molar refractivity (Wildman–Crippen MR) is 116 cm³/mol. The summed E-state index contributed by atoms with van der Waals surface area (Å²) in [7, 11) is 0. The van der Waals surface area contributed by atoms with E-state index in [1.807, 2.05) is 0 Å². The van der Waals surface area contributed by atoms with E-state index in [9.17, 15) is 13.2 Å². The lowest BCUT2D eigenvalue weighted by Gasteiger charge is -2.56. The van der Waals surface area contributed by atoms with Crippen molar-refractivity contribution in [3.63, 3.8) is 0 Å². The SMILES string of the molecule is CC(C)(F)c1cc(F)ccc1-c1cc(F)ccc1Oc1cncnc1N1CC2(CNC2)C1. The van der Waals surface area contributed by atoms with Gasteiger partial charge in [-0.15, -0.1) is 0 Å². The third kappa shape index (κ3) is 3.68. The number of ether oxygens (including phenoxy) is 1. The van der Waals surface area contributed by atoms with Crippen LogP contribution in [0, 0.1) is 17.0 Å². The van der Waals surface area contributed by atoms with Gasteiger partial charge in [-0.3, -0.25) is 0 Å². The van der Waals surface area contributed by atoms with Crippen molar-refractivity contribution in [2.24, 2.45) is 5.41 Å². The summed E-state index contributed by atoms with van der Waals surface area (Å²) in [6, 6.07) is 7.81. The summed E-state index contributed by atoms with van der Waals surface area (Å²) < 4.78 is 49.2. The first-order valence-corrected chi connectivity index (χ1v) is 10.5. The van der Waals surface area contributed by atoms with E-state index in [1.54, 1.807) is 6.20 Å². The lowest BCUT2D eigenvalue weighted by Crippen LogP contribution is -2.71. The van der Waals surface area contributed by atoms with Gasteiger partial charge < -0.3 is 15.0 Å². The van der Waals surface area contributed by atoms with Crippen molar-refractivity contribution in [3.05, 3.63) is 66.1 Å². The number of hydrogen-bond acceptors (Lipinski definition) is 5. The zero-order valence-corrected chi connectivity index (χ0v) is 17.8. The van der Waals surface area contributed by atoms with E-state index in [1.165, 1.54) is 50.5 Å². The van der Waals surface area contributed by atoms with Gasteiger partial charge in [0, 0.05) is 37.2 Å². The summed E-state index contributed by atoms with van der Waals surface area (Å²) in [6.07, 6.45) is 3.02. The number of hydrogen-bond donors (Lipinski definition) is 1. The van der Waals surface area contributed by atoms with Gasteiger partial charge in [0.2, 0.25) is 0 Å². The molecule has 0 radical (unpaired) electrons. The highest BCUT2D eigenvalue weighted by molar-refractivity contribution is 5.75. The van der Waals surface area contributed by atoms with Crippen LogP contribution in [0.15, 0.2) is 48.9 Å². The first kappa shape index (κ1) is 20.8. The first-order chi connectivity index (χ1) is 15.2. The number of halogens is 3. The van der Waals surface area contributed by atoms with Gasteiger partial charge in [-0.05, 0) is 55.3 Å². The van der Waals surface area contributed by atoms with Crippen LogP contribution in [0.2, 0.25) is 0 Å². The van der Waals surface area contributed by atoms with Gasteiger partial charge >= 0.3 is 0 Å². The second-order valence-corrected chi connectivity index (χ2v) is 9.08. The van der Waals surface area contributed by atoms with E-state index < -0.39 is 17.3 Å². The highest BCUT2D eigenvalue weighted by atomic mass is 19.1. The second-order valence-electron chi connectivity index (χ2n) is 9.08. The molecule has 2 fully saturated rings. The number of alkyl halides is 1. The Labute approximate surface area is 184 Å². The van der Waals surface area contributed by atoms with Crippen molar-refractivity contribution in [2.75, 3.05) is 31.1 Å². The molecule has 32 heavy (non-hydrogen) atoms. The summed E-state index contributed by atoms with van der Waals surface area (Å²) in [5.74, 6) is 0.305. The van der Waals surface area contributed by atoms with Gasteiger partial charge in [0.05, 0.1) is 6.20 Å². The Balaban J connectivity index is 1.53. The predicted octanol–water partition coefficient (Wildman–Crippen LogP) is 4.83. The molecular formula is C24H23F3N4O. The molecule has 0 aliphatic carbocycles. The van der Waals surface area contributed by atoms with Gasteiger partial charge in [0.25, 0.3) is 0 Å². The third-order valence-corrected chi connectivity index (χ3v) is 6.08. The number of nitrogens with one attached hydrogen (secondary N) is 1. The fraction of sp³-hybridized carbons (Fsp3) is 0.333. The molecule has 1 N–H and O–H groups in total. The molecule has 0 amide bonds. The highest BCUT2D eigenvalue weighted by Crippen LogP contribution is 2.44. The normalized spacial score (nSPS) is 17.1. The molecule has 3 heterocycles. The van der Waals surface area contributed by atoms with Crippen LogP contribution in [0.5, 0.6) is 11.5 Å². The maximum Gasteiger partial charge on any atom is 0.188 e. The Bertz CT molecular complexity index is 1170. The first-order valence-electron chi connectivity index (χ1n) is 10.5. The zero-order valence-electron chi connectivity index (χ0n) is 17.8. The van der Waals surface area contributed by atoms with E-state index in [0.29, 0.717) is 33.9 Å². The average molecular weight is 440 g/mol. The van der Waals surface area contributed by atoms with Gasteiger partial charge in [0.1, 0.15) is 29.4 Å². The molecule has 2 aliphatic rings. The van der Waals surface area contributed by atoms with Crippen LogP contribution in [0.1, 0.15) is 19.4 Å². The van der Waals surface area contributed by atoms with Crippen molar-refractivity contribution < 1.29 is 17.9 Å². The van der Waals surface area contributed by atoms with Crippen molar-refractivity contribution >= 4 is 5.82 Å². The maximum atomic E-state index is 14.9. The summed E-state index contributed by atoms with van der Waals surface area (Å²) >= 11 is 0. The van der Waals surface area contributed by atoms with Gasteiger partial charge in [-0.2, -0.15) is 0 Å². The second kappa shape index (κ2) is 7.48. The molecule has 1 spiro atoms. The lowest BCUT2D eigenvalue weighted by atomic mass is 9.74. The van der Waals surface area contributed by atoms with E-state index in [-0.39, 0.29) is 5.56 Å². The minimum Gasteiger partial charge on any atom is -0.451 e. The molecule has 0 unspecified atom stereocenters. The smallest absolute Gasteiger partial charge is 0.188 e. The van der Waals surface area contributed by atoms with Crippen LogP contribution in [0.3, 0.4) is 0 Å². The molecule has 2 aromatic carbocycles. The fourth-order valence-electron chi connectivity index (χ4n) is 4.40. The Hall–Kier alpha value is -3.13. The minimum absolute atomic E-state index is 0.111. The van der Waals surface area contributed by atoms with Crippen LogP contribution in [-0.4, -0.2) is 36.1 Å². The maximum absolute atomic E-state index is 14.9. The van der Waals surface area contributed by atoms with Crippen molar-refractivity contribution in [3.8, 4) is 22.6 Å². The number of nitrogens with zero attached hydrogens (tertiary/aromatic N) is 3. The molecule has 5 nitrogen and oxygen atoms in total. The van der Waals surface area contributed by atoms with Gasteiger partial charge in [0.15, 0.2) is 11.6 Å². The summed E-state index contributed by atoms with van der Waals surface area (Å²) in [5, 5.41) is 3.30. The van der Waals surface area contributed by atoms with Crippen molar-refractivity contribution in [1.29, 1.82) is 0 Å². The van der Waals surface area contributed by atoms with Gasteiger partial charge in [-0.1, -0.05) is 6.07 Å². The van der Waals surface area contributed by atoms with E-state index in [4.69, 9.17) is 4.74 Å². The Morgan fingerprint density at radius 2 is 1.72 bits per heavy atom. The zero-order chi connectivity index (χ0) is 22.5. The van der Waals surface area contributed by atoms with Crippen LogP contribution >= 0.6 is 0 Å². The third-order valence-electron chi connectivity index (χ3n) is 6.08. The topological polar surface area (TPSA) is 50.3 Å². The average Bonchev–Trinajstić information content (AvgIpc) is 2.68. The number of benzene rings is 2. The summed E-state index contributed by atoms with van der Waals surface area (Å²) in [4.78, 5) is 10.6. The summed E-state index contributed by atoms with van der Waals surface area (Å²) in [6.45, 7) is 6.37. The molecule has 3 aromatic rings. The fourth-order valence-corrected chi connectivity index (χ4v) is 4.40. The molecule has 0 saturated carbocycles. The van der Waals surface area contributed by atoms with Crippen LogP contribution in [0.4, 0.5) is 19.0 Å². The lowest BCUT2D eigenvalue weighted by molar-refractivity contribution is 0.120. The number of anilines is 1. The molecule has 0 bridgehead atoms. The Morgan fingerprint density at radius 1 is 1.00 bits per heavy atom. The molecule has 0 atom stereocenters. The Morgan fingerprint density at radius 3 is 2.41 bits per heavy atom. The standard InChI is InChI=1S/C24H23F3N4O/c1-23(2,27)19-8-16(26)3-5-17(19)18-7-15(25)4-6-20(18)32-21-9-28-14-30-22(21)31-12-24(13-31)10-29-11-24/h3-9,14,29H,10-13H2,1-2H3. The monoisotopic (exact) mass is 440 g/mol. The highest BCUT2D eigenvalue weighted by Gasteiger charge is 2.48. The molecule has 8 heteroatoms. The quantitative estimate of drug-likeness (QED) is 0.616. The molecule has 2 saturated heterocycles. The van der Waals surface area contributed by atoms with Gasteiger partial charge in [-0.25, -0.2) is 23.1 Å². The van der Waals surface area contributed by atoms with Crippen LogP contribution in [-0.2, 0) is 5.67 Å². The molecule has 1 aromatic heterocycles. The van der Waals surface area contributed by atoms with Crippen LogP contribution < -0.4 is 15.0 Å². The largest absolute Gasteiger partial charge is 0.451 e. The molecule has 2 aliphatic heterocycles. The van der Waals surface area contributed by atoms with E-state index >= 15 is 0 Å². The number of rotatable bonds is 5. The number of aromatic nitrogens is 2. The molecule has 166 valence electrons. The van der Waals surface area contributed by atoms with Crippen molar-refractivity contribution in [1.82, 2.24) is 15.3 Å². The minimum atomic E-state index is -1.84. The summed E-state index contributed by atoms with van der Waals surface area (Å²) in [5.41, 5.74) is -0.761. The molecular weight excluding hydrogens is 417 g/mol. The molecule has 5 rings (SSSR count). The van der Waals surface area contributed by atoms with Crippen LogP contribution in [0.25, 0.3) is 11.1 Å². The van der Waals surface area contributed by atoms with E-state index in [2.05, 4.69) is 20.2 Å². The Kier molecular flexibility index (Phi) is 4.85. The van der Waals surface area contributed by atoms with Crippen molar-refractivity contribution in [2.45, 2.75) is 19.5 Å².